The van der Waals surface area contributed by atoms with Crippen molar-refractivity contribution >= 4 is 11.7 Å². The van der Waals surface area contributed by atoms with Gasteiger partial charge in [-0.3, -0.25) is 4.79 Å². The minimum atomic E-state index is -0.299. The molecule has 3 heterocycles. The molecule has 1 aliphatic heterocycles. The van der Waals surface area contributed by atoms with Gasteiger partial charge in [-0.25, -0.2) is 14.1 Å². The summed E-state index contributed by atoms with van der Waals surface area (Å²) in [5.74, 6) is 0.627. The van der Waals surface area contributed by atoms with E-state index >= 15 is 0 Å². The lowest BCUT2D eigenvalue weighted by molar-refractivity contribution is 0.0745. The van der Waals surface area contributed by atoms with Crippen molar-refractivity contribution < 1.29 is 9.18 Å². The number of carbonyl (C=O) groups is 1. The lowest BCUT2D eigenvalue weighted by Crippen LogP contribution is -2.49. The van der Waals surface area contributed by atoms with Crippen molar-refractivity contribution in [2.45, 2.75) is 13.8 Å². The number of hydrogen-bond acceptors (Lipinski definition) is 4. The maximum atomic E-state index is 13.2. The SMILES string of the molecule is Cc1nn(-c2ccc(F)cc2)c(C)c1C(=O)N1CCN(c2ccccn2)CC1. The standard InChI is InChI=1S/C21H22FN5O/c1-15-20(16(2)27(24-15)18-8-6-17(22)7-9-18)21(28)26-13-11-25(12-14-26)19-5-3-4-10-23-19/h3-10H,11-14H2,1-2H3. The van der Waals surface area contributed by atoms with Gasteiger partial charge < -0.3 is 9.80 Å². The van der Waals surface area contributed by atoms with Gasteiger partial charge in [0.2, 0.25) is 0 Å². The zero-order chi connectivity index (χ0) is 19.7. The van der Waals surface area contributed by atoms with Gasteiger partial charge in [0.15, 0.2) is 0 Å². The Bertz CT molecular complexity index is 976. The summed E-state index contributed by atoms with van der Waals surface area (Å²) >= 11 is 0. The molecule has 1 amide bonds. The average molecular weight is 379 g/mol. The van der Waals surface area contributed by atoms with Crippen LogP contribution in [0.3, 0.4) is 0 Å². The van der Waals surface area contributed by atoms with Crippen molar-refractivity contribution in [3.63, 3.8) is 0 Å². The highest BCUT2D eigenvalue weighted by Gasteiger charge is 2.27. The molecular formula is C21H22FN5O. The van der Waals surface area contributed by atoms with Crippen LogP contribution in [0.5, 0.6) is 0 Å². The first-order valence-electron chi connectivity index (χ1n) is 9.32. The number of hydrogen-bond donors (Lipinski definition) is 0. The van der Waals surface area contributed by atoms with Crippen molar-refractivity contribution in [3.05, 3.63) is 71.4 Å². The van der Waals surface area contributed by atoms with E-state index in [-0.39, 0.29) is 11.7 Å². The fourth-order valence-electron chi connectivity index (χ4n) is 3.62. The zero-order valence-electron chi connectivity index (χ0n) is 16.0. The summed E-state index contributed by atoms with van der Waals surface area (Å²) in [6.07, 6.45) is 1.78. The highest BCUT2D eigenvalue weighted by atomic mass is 19.1. The Balaban J connectivity index is 1.52. The maximum Gasteiger partial charge on any atom is 0.257 e. The molecule has 0 radical (unpaired) electrons. The molecule has 0 saturated carbocycles. The summed E-state index contributed by atoms with van der Waals surface area (Å²) in [4.78, 5) is 21.6. The van der Waals surface area contributed by atoms with Gasteiger partial charge >= 0.3 is 0 Å². The first-order valence-corrected chi connectivity index (χ1v) is 9.32. The number of carbonyl (C=O) groups excluding carboxylic acids is 1. The van der Waals surface area contributed by atoms with E-state index in [0.29, 0.717) is 24.3 Å². The lowest BCUT2D eigenvalue weighted by Gasteiger charge is -2.35. The number of pyridine rings is 1. The third-order valence-corrected chi connectivity index (χ3v) is 5.12. The van der Waals surface area contributed by atoms with E-state index in [9.17, 15) is 9.18 Å². The van der Waals surface area contributed by atoms with Gasteiger partial charge in [0.05, 0.1) is 22.6 Å². The van der Waals surface area contributed by atoms with E-state index in [4.69, 9.17) is 0 Å². The van der Waals surface area contributed by atoms with Crippen molar-refractivity contribution in [3.8, 4) is 5.69 Å². The van der Waals surface area contributed by atoms with Gasteiger partial charge in [0.1, 0.15) is 11.6 Å². The molecule has 1 aliphatic rings. The molecule has 1 fully saturated rings. The fraction of sp³-hybridized carbons (Fsp3) is 0.286. The molecule has 3 aromatic rings. The molecule has 1 saturated heterocycles. The third-order valence-electron chi connectivity index (χ3n) is 5.12. The Hall–Kier alpha value is -3.22. The molecule has 28 heavy (non-hydrogen) atoms. The van der Waals surface area contributed by atoms with Crippen LogP contribution < -0.4 is 4.90 Å². The Morgan fingerprint density at radius 2 is 1.71 bits per heavy atom. The number of benzene rings is 1. The van der Waals surface area contributed by atoms with Crippen LogP contribution >= 0.6 is 0 Å². The van der Waals surface area contributed by atoms with Crippen molar-refractivity contribution in [2.75, 3.05) is 31.1 Å². The Morgan fingerprint density at radius 3 is 2.36 bits per heavy atom. The number of piperazine rings is 1. The normalized spacial score (nSPS) is 14.4. The van der Waals surface area contributed by atoms with Gasteiger partial charge in [-0.2, -0.15) is 5.10 Å². The third kappa shape index (κ3) is 3.35. The van der Waals surface area contributed by atoms with Gasteiger partial charge in [-0.1, -0.05) is 6.07 Å². The van der Waals surface area contributed by atoms with Crippen LogP contribution in [0.4, 0.5) is 10.2 Å². The van der Waals surface area contributed by atoms with Gasteiger partial charge in [-0.15, -0.1) is 0 Å². The minimum absolute atomic E-state index is 0.0102. The smallest absolute Gasteiger partial charge is 0.257 e. The molecule has 7 heteroatoms. The largest absolute Gasteiger partial charge is 0.353 e. The van der Waals surface area contributed by atoms with Crippen LogP contribution in [0.25, 0.3) is 5.69 Å². The van der Waals surface area contributed by atoms with Crippen molar-refractivity contribution in [1.29, 1.82) is 0 Å². The number of aromatic nitrogens is 3. The molecule has 0 bridgehead atoms. The highest BCUT2D eigenvalue weighted by molar-refractivity contribution is 5.96. The molecule has 6 nitrogen and oxygen atoms in total. The summed E-state index contributed by atoms with van der Waals surface area (Å²) in [6, 6.07) is 12.0. The molecule has 0 N–H and O–H groups in total. The van der Waals surface area contributed by atoms with Crippen molar-refractivity contribution in [1.82, 2.24) is 19.7 Å². The van der Waals surface area contributed by atoms with E-state index in [1.807, 2.05) is 36.9 Å². The minimum Gasteiger partial charge on any atom is -0.353 e. The number of aryl methyl sites for hydroxylation is 1. The summed E-state index contributed by atoms with van der Waals surface area (Å²) in [6.45, 7) is 6.47. The van der Waals surface area contributed by atoms with Crippen molar-refractivity contribution in [2.24, 2.45) is 0 Å². The molecule has 1 aromatic carbocycles. The Labute approximate surface area is 163 Å². The molecular weight excluding hydrogens is 357 g/mol. The average Bonchev–Trinajstić information content (AvgIpc) is 3.03. The van der Waals surface area contributed by atoms with E-state index in [0.717, 1.165) is 30.3 Å². The van der Waals surface area contributed by atoms with E-state index < -0.39 is 0 Å². The monoisotopic (exact) mass is 379 g/mol. The predicted molar refractivity (Wildman–Crippen MR) is 105 cm³/mol. The number of amides is 1. The molecule has 0 aliphatic carbocycles. The molecule has 0 atom stereocenters. The van der Waals surface area contributed by atoms with Crippen LogP contribution in [-0.2, 0) is 0 Å². The lowest BCUT2D eigenvalue weighted by atomic mass is 10.1. The quantitative estimate of drug-likeness (QED) is 0.702. The predicted octanol–water partition coefficient (Wildman–Crippen LogP) is 2.99. The molecule has 0 unspecified atom stereocenters. The number of anilines is 1. The van der Waals surface area contributed by atoms with E-state index in [2.05, 4.69) is 15.0 Å². The summed E-state index contributed by atoms with van der Waals surface area (Å²) in [7, 11) is 0. The first-order chi connectivity index (χ1) is 13.5. The van der Waals surface area contributed by atoms with Gasteiger partial charge in [0, 0.05) is 32.4 Å². The van der Waals surface area contributed by atoms with Crippen LogP contribution in [0, 0.1) is 19.7 Å². The second-order valence-corrected chi connectivity index (χ2v) is 6.90. The van der Waals surface area contributed by atoms with E-state index in [1.165, 1.54) is 12.1 Å². The van der Waals surface area contributed by atoms with Crippen LogP contribution in [-0.4, -0.2) is 51.8 Å². The number of halogens is 1. The van der Waals surface area contributed by atoms with Crippen LogP contribution in [0.1, 0.15) is 21.7 Å². The second-order valence-electron chi connectivity index (χ2n) is 6.90. The summed E-state index contributed by atoms with van der Waals surface area (Å²) in [5.41, 5.74) is 2.80. The second kappa shape index (κ2) is 7.42. The highest BCUT2D eigenvalue weighted by Crippen LogP contribution is 2.21. The Morgan fingerprint density at radius 1 is 1.00 bits per heavy atom. The maximum absolute atomic E-state index is 13.2. The fourth-order valence-corrected chi connectivity index (χ4v) is 3.62. The molecule has 2 aromatic heterocycles. The summed E-state index contributed by atoms with van der Waals surface area (Å²) < 4.78 is 14.9. The molecule has 4 rings (SSSR count). The molecule has 0 spiro atoms. The van der Waals surface area contributed by atoms with Crippen LogP contribution in [0.2, 0.25) is 0 Å². The number of rotatable bonds is 3. The zero-order valence-corrected chi connectivity index (χ0v) is 16.0. The Kier molecular flexibility index (Phi) is 4.81. The van der Waals surface area contributed by atoms with E-state index in [1.54, 1.807) is 23.0 Å². The number of nitrogens with zero attached hydrogens (tertiary/aromatic N) is 5. The first kappa shape index (κ1) is 18.2. The van der Waals surface area contributed by atoms with Crippen LogP contribution in [0.15, 0.2) is 48.7 Å². The van der Waals surface area contributed by atoms with Gasteiger partial charge in [0.25, 0.3) is 5.91 Å². The topological polar surface area (TPSA) is 54.3 Å². The molecule has 144 valence electrons. The summed E-state index contributed by atoms with van der Waals surface area (Å²) in [5, 5.41) is 4.51. The van der Waals surface area contributed by atoms with Gasteiger partial charge in [-0.05, 0) is 50.2 Å².